The molecule has 0 saturated carbocycles. The van der Waals surface area contributed by atoms with Gasteiger partial charge in [0.15, 0.2) is 5.82 Å². The molecular weight excluding hydrogens is 398 g/mol. The summed E-state index contributed by atoms with van der Waals surface area (Å²) in [7, 11) is 0. The molecule has 0 fully saturated rings. The Bertz CT molecular complexity index is 1620. The number of fused-ring (bicyclic) bond motifs is 4. The molecule has 31 heavy (non-hydrogen) atoms. The van der Waals surface area contributed by atoms with Crippen LogP contribution in [0.15, 0.2) is 85.6 Å². The van der Waals surface area contributed by atoms with Gasteiger partial charge in [0.1, 0.15) is 0 Å². The Hall–Kier alpha value is -3.76. The zero-order valence-electron chi connectivity index (χ0n) is 17.0. The van der Waals surface area contributed by atoms with Crippen LogP contribution in [-0.2, 0) is 0 Å². The number of benzene rings is 3. The second kappa shape index (κ2) is 6.89. The van der Waals surface area contributed by atoms with Gasteiger partial charge in [0.2, 0.25) is 0 Å². The molecule has 3 aromatic carbocycles. The van der Waals surface area contributed by atoms with Crippen LogP contribution in [0, 0.1) is 6.92 Å². The van der Waals surface area contributed by atoms with Crippen LogP contribution in [0.2, 0.25) is 0 Å². The molecule has 0 aliphatic rings. The highest BCUT2D eigenvalue weighted by Gasteiger charge is 2.14. The molecule has 148 valence electrons. The predicted molar refractivity (Wildman–Crippen MR) is 132 cm³/mol. The summed E-state index contributed by atoms with van der Waals surface area (Å²) in [6, 6.07) is 25.3. The van der Waals surface area contributed by atoms with Crippen molar-refractivity contribution in [3.8, 4) is 17.1 Å². The van der Waals surface area contributed by atoms with Crippen molar-refractivity contribution >= 4 is 48.6 Å². The Morgan fingerprint density at radius 1 is 0.903 bits per heavy atom. The molecule has 3 nitrogen and oxygen atoms in total. The molecule has 0 atom stereocenters. The minimum atomic E-state index is 0.742. The molecule has 3 aromatic heterocycles. The third-order valence-electron chi connectivity index (χ3n) is 5.85. The first-order valence-corrected chi connectivity index (χ1v) is 11.0. The Balaban J connectivity index is 1.56. The summed E-state index contributed by atoms with van der Waals surface area (Å²) in [6.45, 7) is 6.22. The van der Waals surface area contributed by atoms with Crippen molar-refractivity contribution in [1.29, 1.82) is 0 Å². The van der Waals surface area contributed by atoms with Crippen LogP contribution in [-0.4, -0.2) is 14.5 Å². The van der Waals surface area contributed by atoms with Crippen molar-refractivity contribution in [2.24, 2.45) is 0 Å². The van der Waals surface area contributed by atoms with Gasteiger partial charge in [0, 0.05) is 38.6 Å². The Morgan fingerprint density at radius 2 is 1.71 bits per heavy atom. The standard InChI is InChI=1S/C27H19N3S/c1-3-22-17(2)20-11-4-6-13-23(20)30(22)19-10-8-9-18(15-19)27-28-16-25-26(29-27)21-12-5-7-14-24(21)31-25/h3-16H,1H2,2H3. The molecule has 3 heterocycles. The minimum Gasteiger partial charge on any atom is -0.310 e. The van der Waals surface area contributed by atoms with Crippen LogP contribution < -0.4 is 0 Å². The van der Waals surface area contributed by atoms with E-state index in [-0.39, 0.29) is 0 Å². The zero-order chi connectivity index (χ0) is 20.9. The second-order valence-corrected chi connectivity index (χ2v) is 8.71. The van der Waals surface area contributed by atoms with Crippen molar-refractivity contribution < 1.29 is 0 Å². The number of nitrogens with zero attached hydrogens (tertiary/aromatic N) is 3. The van der Waals surface area contributed by atoms with E-state index in [1.165, 1.54) is 26.6 Å². The summed E-state index contributed by atoms with van der Waals surface area (Å²) in [5.41, 5.74) is 6.62. The van der Waals surface area contributed by atoms with Gasteiger partial charge in [-0.25, -0.2) is 9.97 Å². The number of aromatic nitrogens is 3. The molecule has 0 N–H and O–H groups in total. The summed E-state index contributed by atoms with van der Waals surface area (Å²) in [4.78, 5) is 9.64. The SMILES string of the molecule is C=Cc1c(C)c2ccccc2n1-c1cccc(-c2ncc3sc4ccccc4c3n2)c1. The number of thiophene rings is 1. The predicted octanol–water partition coefficient (Wildman–Crippen LogP) is 7.41. The van der Waals surface area contributed by atoms with Crippen LogP contribution in [0.5, 0.6) is 0 Å². The lowest BCUT2D eigenvalue weighted by atomic mass is 10.1. The second-order valence-electron chi connectivity index (χ2n) is 7.62. The van der Waals surface area contributed by atoms with Gasteiger partial charge in [-0.05, 0) is 42.8 Å². The summed E-state index contributed by atoms with van der Waals surface area (Å²) < 4.78 is 4.62. The first-order valence-electron chi connectivity index (χ1n) is 10.2. The highest BCUT2D eigenvalue weighted by Crippen LogP contribution is 2.34. The molecule has 0 aliphatic heterocycles. The number of hydrogen-bond donors (Lipinski definition) is 0. The topological polar surface area (TPSA) is 30.7 Å². The van der Waals surface area contributed by atoms with Gasteiger partial charge in [-0.3, -0.25) is 0 Å². The lowest BCUT2D eigenvalue weighted by Gasteiger charge is -2.11. The van der Waals surface area contributed by atoms with Gasteiger partial charge in [-0.15, -0.1) is 11.3 Å². The molecule has 6 rings (SSSR count). The Kier molecular flexibility index (Phi) is 4.01. The normalized spacial score (nSPS) is 11.5. The lowest BCUT2D eigenvalue weighted by Crippen LogP contribution is -1.98. The largest absolute Gasteiger partial charge is 0.310 e. The quantitative estimate of drug-likeness (QED) is 0.300. The van der Waals surface area contributed by atoms with E-state index in [1.807, 2.05) is 12.3 Å². The number of hydrogen-bond acceptors (Lipinski definition) is 3. The van der Waals surface area contributed by atoms with E-state index in [2.05, 4.69) is 95.9 Å². The van der Waals surface area contributed by atoms with Crippen LogP contribution in [0.3, 0.4) is 0 Å². The monoisotopic (exact) mass is 417 g/mol. The van der Waals surface area contributed by atoms with Crippen LogP contribution in [0.4, 0.5) is 0 Å². The van der Waals surface area contributed by atoms with E-state index in [0.717, 1.165) is 33.0 Å². The number of rotatable bonds is 3. The maximum atomic E-state index is 4.95. The van der Waals surface area contributed by atoms with E-state index >= 15 is 0 Å². The average molecular weight is 418 g/mol. The number of para-hydroxylation sites is 1. The van der Waals surface area contributed by atoms with Gasteiger partial charge in [0.25, 0.3) is 0 Å². The third kappa shape index (κ3) is 2.72. The zero-order valence-corrected chi connectivity index (χ0v) is 17.9. The van der Waals surface area contributed by atoms with Gasteiger partial charge in [-0.1, -0.05) is 55.1 Å². The van der Waals surface area contributed by atoms with Crippen molar-refractivity contribution in [1.82, 2.24) is 14.5 Å². The first-order chi connectivity index (χ1) is 15.2. The Labute approximate surface area is 183 Å². The van der Waals surface area contributed by atoms with Crippen molar-refractivity contribution in [2.75, 3.05) is 0 Å². The fraction of sp³-hybridized carbons (Fsp3) is 0.0370. The molecule has 4 heteroatoms. The maximum absolute atomic E-state index is 4.95. The molecule has 0 spiro atoms. The minimum absolute atomic E-state index is 0.742. The van der Waals surface area contributed by atoms with Gasteiger partial charge in [-0.2, -0.15) is 0 Å². The molecule has 0 amide bonds. The van der Waals surface area contributed by atoms with Gasteiger partial charge in [0.05, 0.1) is 15.7 Å². The van der Waals surface area contributed by atoms with E-state index in [1.54, 1.807) is 11.3 Å². The molecule has 0 unspecified atom stereocenters. The van der Waals surface area contributed by atoms with Crippen LogP contribution in [0.1, 0.15) is 11.3 Å². The van der Waals surface area contributed by atoms with E-state index in [4.69, 9.17) is 4.98 Å². The summed E-state index contributed by atoms with van der Waals surface area (Å²) in [6.07, 6.45) is 3.88. The van der Waals surface area contributed by atoms with Crippen LogP contribution >= 0.6 is 11.3 Å². The first kappa shape index (κ1) is 18.0. The smallest absolute Gasteiger partial charge is 0.159 e. The van der Waals surface area contributed by atoms with Crippen molar-refractivity contribution in [3.63, 3.8) is 0 Å². The summed E-state index contributed by atoms with van der Waals surface area (Å²) in [5.74, 6) is 0.742. The molecule has 0 aliphatic carbocycles. The molecule has 0 radical (unpaired) electrons. The fourth-order valence-electron chi connectivity index (χ4n) is 4.38. The average Bonchev–Trinajstić information content (AvgIpc) is 3.33. The summed E-state index contributed by atoms with van der Waals surface area (Å²) >= 11 is 1.73. The van der Waals surface area contributed by atoms with Crippen molar-refractivity contribution in [3.05, 3.63) is 96.8 Å². The van der Waals surface area contributed by atoms with E-state index in [9.17, 15) is 0 Å². The Morgan fingerprint density at radius 3 is 2.58 bits per heavy atom. The maximum Gasteiger partial charge on any atom is 0.159 e. The van der Waals surface area contributed by atoms with E-state index < -0.39 is 0 Å². The van der Waals surface area contributed by atoms with Gasteiger partial charge < -0.3 is 4.57 Å². The molecular formula is C27H19N3S. The number of aryl methyl sites for hydroxylation is 1. The van der Waals surface area contributed by atoms with E-state index in [0.29, 0.717) is 0 Å². The van der Waals surface area contributed by atoms with Crippen molar-refractivity contribution in [2.45, 2.75) is 6.92 Å². The lowest BCUT2D eigenvalue weighted by molar-refractivity contribution is 1.09. The highest BCUT2D eigenvalue weighted by atomic mass is 32.1. The third-order valence-corrected chi connectivity index (χ3v) is 6.94. The fourth-order valence-corrected chi connectivity index (χ4v) is 5.39. The van der Waals surface area contributed by atoms with Crippen LogP contribution in [0.25, 0.3) is 54.4 Å². The summed E-state index contributed by atoms with van der Waals surface area (Å²) in [5, 5.41) is 2.42. The highest BCUT2D eigenvalue weighted by molar-refractivity contribution is 7.25. The molecule has 6 aromatic rings. The van der Waals surface area contributed by atoms with Gasteiger partial charge >= 0.3 is 0 Å². The molecule has 0 saturated heterocycles. The molecule has 0 bridgehead atoms.